The molecule has 0 aliphatic carbocycles. The minimum Gasteiger partial charge on any atom is -0.334 e. The molecule has 0 amide bonds. The molecule has 0 radical (unpaired) electrons. The fourth-order valence-corrected chi connectivity index (χ4v) is 4.26. The zero-order chi connectivity index (χ0) is 25.4. The zero-order valence-electron chi connectivity index (χ0n) is 17.4. The fourth-order valence-electron chi connectivity index (χ4n) is 4.26. The van der Waals surface area contributed by atoms with Gasteiger partial charge in [-0.3, -0.25) is 0 Å². The van der Waals surface area contributed by atoms with Crippen LogP contribution in [0.15, 0.2) is 72.8 Å². The van der Waals surface area contributed by atoms with Gasteiger partial charge in [-0.1, -0.05) is 89.2 Å². The van der Waals surface area contributed by atoms with Crippen LogP contribution in [-0.4, -0.2) is 6.28 Å². The third kappa shape index (κ3) is 4.49. The lowest BCUT2D eigenvalue weighted by molar-refractivity contribution is -0.137. The summed E-state index contributed by atoms with van der Waals surface area (Å²) in [6.45, 7) is 1.10. The van der Waals surface area contributed by atoms with Crippen molar-refractivity contribution in [2.24, 2.45) is 0 Å². The Bertz CT molecular complexity index is 1110. The first-order valence-electron chi connectivity index (χ1n) is 9.78. The molecule has 0 aliphatic heterocycles. The van der Waals surface area contributed by atoms with Crippen LogP contribution in [0.3, 0.4) is 0 Å². The second kappa shape index (κ2) is 8.74. The monoisotopic (exact) mass is 487 g/mol. The smallest absolute Gasteiger partial charge is 0.334 e. The number of hydrogen-bond acceptors (Lipinski definition) is 0. The molecule has 0 unspecified atom stereocenters. The Morgan fingerprint density at radius 1 is 0.529 bits per heavy atom. The normalized spacial score (nSPS) is 12.8. The summed E-state index contributed by atoms with van der Waals surface area (Å²) in [5.41, 5.74) is -6.71. The lowest BCUT2D eigenvalue weighted by atomic mass is 9.23. The molecule has 0 aliphatic rings. The van der Waals surface area contributed by atoms with Gasteiger partial charge in [-0.25, -0.2) is 0 Å². The average Bonchev–Trinajstić information content (AvgIpc) is 2.76. The number of rotatable bonds is 3. The van der Waals surface area contributed by atoms with Gasteiger partial charge in [-0.05, 0) is 0 Å². The van der Waals surface area contributed by atoms with E-state index >= 15 is 0 Å². The summed E-state index contributed by atoms with van der Waals surface area (Å²) < 4.78 is 130. The highest BCUT2D eigenvalue weighted by molar-refractivity contribution is 7.14. The van der Waals surface area contributed by atoms with Crippen LogP contribution in [0.4, 0.5) is 39.5 Å². The summed E-state index contributed by atoms with van der Waals surface area (Å²) in [4.78, 5) is 0. The van der Waals surface area contributed by atoms with Crippen molar-refractivity contribution in [2.45, 2.75) is 25.5 Å². The predicted molar refractivity (Wildman–Crippen MR) is 112 cm³/mol. The minimum absolute atomic E-state index is 0.601. The van der Waals surface area contributed by atoms with E-state index in [1.807, 2.05) is 0 Å². The van der Waals surface area contributed by atoms with Crippen molar-refractivity contribution in [3.63, 3.8) is 0 Å². The predicted octanol–water partition coefficient (Wildman–Crippen LogP) is 6.06. The Balaban J connectivity index is 2.67. The largest absolute Gasteiger partial charge is 0.480 e. The average molecular weight is 487 g/mol. The lowest BCUT2D eigenvalue weighted by Gasteiger charge is -2.33. The number of benzene rings is 3. The van der Waals surface area contributed by atoms with Gasteiger partial charge in [0.15, 0.2) is 6.07 Å². The van der Waals surface area contributed by atoms with Crippen molar-refractivity contribution < 1.29 is 39.5 Å². The maximum Gasteiger partial charge on any atom is 0.480 e. The Hall–Kier alpha value is -3.42. The van der Waals surface area contributed by atoms with Crippen LogP contribution in [0.5, 0.6) is 0 Å². The Labute approximate surface area is 188 Å². The van der Waals surface area contributed by atoms with Gasteiger partial charge in [0.2, 0.25) is 0 Å². The fraction of sp³-hybridized carbons (Fsp3) is 0.174. The van der Waals surface area contributed by atoms with E-state index in [1.54, 1.807) is 0 Å². The number of nitrogens with zero attached hydrogens (tertiary/aromatic N) is 1. The van der Waals surface area contributed by atoms with E-state index in [0.717, 1.165) is 61.5 Å². The molecule has 0 atom stereocenters. The summed E-state index contributed by atoms with van der Waals surface area (Å²) in [5.74, 6) is 0. The van der Waals surface area contributed by atoms with E-state index in [1.165, 1.54) is 0 Å². The van der Waals surface area contributed by atoms with Crippen molar-refractivity contribution in [3.05, 3.63) is 94.2 Å². The molecule has 0 spiro atoms. The van der Waals surface area contributed by atoms with Gasteiger partial charge in [-0.15, -0.1) is 0 Å². The van der Waals surface area contributed by atoms with Gasteiger partial charge in [0.05, 0.1) is 6.92 Å². The third-order valence-electron chi connectivity index (χ3n) is 5.47. The maximum absolute atomic E-state index is 14.0. The summed E-state index contributed by atoms with van der Waals surface area (Å²) in [5, 5.41) is 0. The highest BCUT2D eigenvalue weighted by atomic mass is 19.4. The van der Waals surface area contributed by atoms with Gasteiger partial charge in [-0.2, -0.15) is 39.5 Å². The van der Waals surface area contributed by atoms with E-state index in [4.69, 9.17) is 0 Å². The van der Waals surface area contributed by atoms with Crippen molar-refractivity contribution in [1.82, 2.24) is 0 Å². The molecule has 178 valence electrons. The summed E-state index contributed by atoms with van der Waals surface area (Å²) in [6, 6.07) is 12.9. The Morgan fingerprint density at radius 2 is 0.794 bits per heavy atom. The SMILES string of the molecule is CC#[N+][B-](c1ccccc1C(F)(F)F)(c1ccccc1C(F)(F)F)c1ccccc1C(F)(F)F. The molecular weight excluding hydrogens is 472 g/mol. The van der Waals surface area contributed by atoms with Gasteiger partial charge in [0.1, 0.15) is 0 Å². The molecule has 0 saturated carbocycles. The van der Waals surface area contributed by atoms with Gasteiger partial charge in [0, 0.05) is 16.7 Å². The molecule has 0 bridgehead atoms. The maximum atomic E-state index is 14.0. The van der Waals surface area contributed by atoms with E-state index < -0.39 is 57.9 Å². The first-order valence-corrected chi connectivity index (χ1v) is 9.78. The summed E-state index contributed by atoms with van der Waals surface area (Å²) >= 11 is 0. The minimum atomic E-state index is -5.09. The van der Waals surface area contributed by atoms with Crippen LogP contribution >= 0.6 is 0 Å². The highest BCUT2D eigenvalue weighted by Crippen LogP contribution is 2.35. The molecule has 0 N–H and O–H groups in total. The molecule has 3 rings (SSSR count). The quantitative estimate of drug-likeness (QED) is 0.313. The molecule has 1 nitrogen and oxygen atoms in total. The third-order valence-corrected chi connectivity index (χ3v) is 5.47. The molecule has 0 heterocycles. The standard InChI is InChI=1S/C23H15BF9N/c1-2-34-24(18-12-6-3-9-15(18)21(25,26)27,19-13-7-4-10-16(19)22(28,29)30)20-14-8-5-11-17(20)23(31,32)33/h3-14H,1H3. The molecule has 34 heavy (non-hydrogen) atoms. The first-order chi connectivity index (χ1) is 15.7. The summed E-state index contributed by atoms with van der Waals surface area (Å²) in [6.07, 6.45) is -19.1. The topological polar surface area (TPSA) is 4.36 Å². The Kier molecular flexibility index (Phi) is 6.48. The molecule has 0 aromatic heterocycles. The highest BCUT2D eigenvalue weighted by Gasteiger charge is 2.55. The second-order valence-electron chi connectivity index (χ2n) is 7.43. The van der Waals surface area contributed by atoms with Crippen LogP contribution < -0.4 is 16.4 Å². The number of halogens is 9. The van der Waals surface area contributed by atoms with E-state index in [2.05, 4.69) is 10.8 Å². The van der Waals surface area contributed by atoms with Gasteiger partial charge >= 0.3 is 24.8 Å². The molecular formula is C23H15BF9N. The lowest BCUT2D eigenvalue weighted by Crippen LogP contribution is -2.69. The van der Waals surface area contributed by atoms with Crippen molar-refractivity contribution in [3.8, 4) is 6.07 Å². The van der Waals surface area contributed by atoms with Crippen molar-refractivity contribution >= 4 is 22.7 Å². The van der Waals surface area contributed by atoms with Crippen LogP contribution in [0, 0.1) is 6.07 Å². The van der Waals surface area contributed by atoms with E-state index in [0.29, 0.717) is 18.2 Å². The summed E-state index contributed by atoms with van der Waals surface area (Å²) in [7, 11) is 0. The number of hydrogen-bond donors (Lipinski definition) is 0. The van der Waals surface area contributed by atoms with Crippen LogP contribution in [-0.2, 0) is 18.5 Å². The molecule has 0 fully saturated rings. The molecule has 11 heteroatoms. The first kappa shape index (κ1) is 25.2. The second-order valence-corrected chi connectivity index (χ2v) is 7.43. The van der Waals surface area contributed by atoms with E-state index in [-0.39, 0.29) is 0 Å². The Morgan fingerprint density at radius 3 is 1.03 bits per heavy atom. The molecule has 0 saturated heterocycles. The van der Waals surface area contributed by atoms with Gasteiger partial charge < -0.3 is 4.76 Å². The van der Waals surface area contributed by atoms with Crippen LogP contribution in [0.25, 0.3) is 4.76 Å². The van der Waals surface area contributed by atoms with E-state index in [9.17, 15) is 39.5 Å². The molecule has 3 aromatic rings. The molecule has 3 aromatic carbocycles. The van der Waals surface area contributed by atoms with Crippen LogP contribution in [0.1, 0.15) is 23.6 Å². The van der Waals surface area contributed by atoms with Crippen molar-refractivity contribution in [1.29, 1.82) is 0 Å². The van der Waals surface area contributed by atoms with Crippen LogP contribution in [0.2, 0.25) is 0 Å². The number of alkyl halides is 9. The van der Waals surface area contributed by atoms with Gasteiger partial charge in [0.25, 0.3) is 0 Å². The zero-order valence-corrected chi connectivity index (χ0v) is 17.4. The van der Waals surface area contributed by atoms with Crippen molar-refractivity contribution in [2.75, 3.05) is 0 Å².